The van der Waals surface area contributed by atoms with Crippen LogP contribution in [0.1, 0.15) is 25.7 Å². The van der Waals surface area contributed by atoms with Gasteiger partial charge in [0.2, 0.25) is 0 Å². The van der Waals surface area contributed by atoms with Gasteiger partial charge in [0.05, 0.1) is 6.54 Å². The van der Waals surface area contributed by atoms with Crippen LogP contribution in [0.3, 0.4) is 0 Å². The number of rotatable bonds is 5. The highest BCUT2D eigenvalue weighted by atomic mass is 16.5. The number of likely N-dealkylation sites (tertiary alicyclic amines) is 1. The summed E-state index contributed by atoms with van der Waals surface area (Å²) in [7, 11) is 0. The van der Waals surface area contributed by atoms with Crippen LogP contribution in [0, 0.1) is 5.92 Å². The largest absolute Gasteiger partial charge is 0.480 e. The fraction of sp³-hybridized carbons (Fsp3) is 0.846. The predicted octanol–water partition coefficient (Wildman–Crippen LogP) is 0.0782. The topological polar surface area (TPSA) is 78.9 Å². The Kier molecular flexibility index (Phi) is 5.15. The summed E-state index contributed by atoms with van der Waals surface area (Å²) < 4.78 is 5.43. The van der Waals surface area contributed by atoms with Crippen molar-refractivity contribution in [3.63, 3.8) is 0 Å². The predicted molar refractivity (Wildman–Crippen MR) is 68.8 cm³/mol. The second-order valence-corrected chi connectivity index (χ2v) is 5.32. The maximum Gasteiger partial charge on any atom is 0.317 e. The molecular formula is C13H22N2O4. The van der Waals surface area contributed by atoms with Crippen LogP contribution in [0.4, 0.5) is 0 Å². The molecule has 6 heteroatoms. The van der Waals surface area contributed by atoms with Gasteiger partial charge in [0.1, 0.15) is 6.10 Å². The number of piperidine rings is 1. The standard InChI is InChI=1S/C13H22N2O4/c16-12(17)8-14-7-10-3-1-5-15(9-10)13(18)11-4-2-6-19-11/h10-11,14H,1-9H2,(H,16,17). The lowest BCUT2D eigenvalue weighted by atomic mass is 9.97. The molecule has 2 rings (SSSR count). The highest BCUT2D eigenvalue weighted by Crippen LogP contribution is 2.20. The molecule has 2 aliphatic rings. The van der Waals surface area contributed by atoms with Crippen molar-refractivity contribution in [1.29, 1.82) is 0 Å². The molecule has 0 aliphatic carbocycles. The zero-order valence-corrected chi connectivity index (χ0v) is 11.1. The van der Waals surface area contributed by atoms with E-state index in [-0.39, 0.29) is 18.6 Å². The van der Waals surface area contributed by atoms with Crippen molar-refractivity contribution in [3.8, 4) is 0 Å². The van der Waals surface area contributed by atoms with Gasteiger partial charge in [-0.3, -0.25) is 9.59 Å². The van der Waals surface area contributed by atoms with Gasteiger partial charge in [-0.2, -0.15) is 0 Å². The molecule has 108 valence electrons. The highest BCUT2D eigenvalue weighted by Gasteiger charge is 2.31. The summed E-state index contributed by atoms with van der Waals surface area (Å²) in [6.07, 6.45) is 3.58. The van der Waals surface area contributed by atoms with Crippen LogP contribution in [-0.4, -0.2) is 60.8 Å². The lowest BCUT2D eigenvalue weighted by molar-refractivity contribution is -0.143. The van der Waals surface area contributed by atoms with Crippen LogP contribution in [0.2, 0.25) is 0 Å². The van der Waals surface area contributed by atoms with Gasteiger partial charge in [-0.25, -0.2) is 0 Å². The Balaban J connectivity index is 1.76. The third-order valence-electron chi connectivity index (χ3n) is 3.75. The number of carboxylic acids is 1. The summed E-state index contributed by atoms with van der Waals surface area (Å²) >= 11 is 0. The molecule has 0 bridgehead atoms. The second-order valence-electron chi connectivity index (χ2n) is 5.32. The number of nitrogens with one attached hydrogen (secondary N) is 1. The Morgan fingerprint density at radius 2 is 2.16 bits per heavy atom. The van der Waals surface area contributed by atoms with Gasteiger partial charge in [-0.1, -0.05) is 0 Å². The van der Waals surface area contributed by atoms with Crippen LogP contribution in [0.15, 0.2) is 0 Å². The van der Waals surface area contributed by atoms with Crippen molar-refractivity contribution in [2.45, 2.75) is 31.8 Å². The third kappa shape index (κ3) is 4.18. The molecule has 0 aromatic carbocycles. The molecule has 0 spiro atoms. The van der Waals surface area contributed by atoms with Crippen LogP contribution in [-0.2, 0) is 14.3 Å². The van der Waals surface area contributed by atoms with Crippen LogP contribution in [0.25, 0.3) is 0 Å². The Labute approximate surface area is 113 Å². The van der Waals surface area contributed by atoms with E-state index in [1.165, 1.54) is 0 Å². The van der Waals surface area contributed by atoms with Crippen LogP contribution >= 0.6 is 0 Å². The first-order valence-corrected chi connectivity index (χ1v) is 6.99. The number of carbonyl (C=O) groups is 2. The molecule has 6 nitrogen and oxygen atoms in total. The fourth-order valence-electron chi connectivity index (χ4n) is 2.79. The average molecular weight is 270 g/mol. The molecule has 2 saturated heterocycles. The van der Waals surface area contributed by atoms with E-state index in [1.807, 2.05) is 4.90 Å². The number of amides is 1. The van der Waals surface area contributed by atoms with E-state index in [4.69, 9.17) is 9.84 Å². The number of ether oxygens (including phenoxy) is 1. The molecule has 0 aromatic heterocycles. The van der Waals surface area contributed by atoms with Crippen molar-refractivity contribution < 1.29 is 19.4 Å². The quantitative estimate of drug-likeness (QED) is 0.739. The Morgan fingerprint density at radius 3 is 2.84 bits per heavy atom. The third-order valence-corrected chi connectivity index (χ3v) is 3.75. The maximum atomic E-state index is 12.2. The van der Waals surface area contributed by atoms with Gasteiger partial charge in [-0.05, 0) is 31.6 Å². The summed E-state index contributed by atoms with van der Waals surface area (Å²) in [4.78, 5) is 24.5. The summed E-state index contributed by atoms with van der Waals surface area (Å²) in [5.41, 5.74) is 0. The highest BCUT2D eigenvalue weighted by molar-refractivity contribution is 5.81. The van der Waals surface area contributed by atoms with E-state index >= 15 is 0 Å². The van der Waals surface area contributed by atoms with Crippen LogP contribution in [0.5, 0.6) is 0 Å². The molecule has 2 aliphatic heterocycles. The minimum absolute atomic E-state index is 0.0177. The van der Waals surface area contributed by atoms with E-state index < -0.39 is 5.97 Å². The molecule has 2 atom stereocenters. The lowest BCUT2D eigenvalue weighted by Gasteiger charge is -2.34. The first-order chi connectivity index (χ1) is 9.16. The Hall–Kier alpha value is -1.14. The molecule has 0 radical (unpaired) electrons. The number of carboxylic acid groups (broad SMARTS) is 1. The fourth-order valence-corrected chi connectivity index (χ4v) is 2.79. The molecule has 2 N–H and O–H groups in total. The normalized spacial score (nSPS) is 27.5. The monoisotopic (exact) mass is 270 g/mol. The van der Waals surface area contributed by atoms with E-state index in [2.05, 4.69) is 5.32 Å². The number of nitrogens with zero attached hydrogens (tertiary/aromatic N) is 1. The molecule has 0 aromatic rings. The lowest BCUT2D eigenvalue weighted by Crippen LogP contribution is -2.47. The average Bonchev–Trinajstić information content (AvgIpc) is 2.91. The van der Waals surface area contributed by atoms with E-state index in [0.29, 0.717) is 25.6 Å². The second kappa shape index (κ2) is 6.86. The first kappa shape index (κ1) is 14.3. The molecular weight excluding hydrogens is 248 g/mol. The van der Waals surface area contributed by atoms with Gasteiger partial charge in [0, 0.05) is 26.2 Å². The van der Waals surface area contributed by atoms with E-state index in [1.54, 1.807) is 0 Å². The van der Waals surface area contributed by atoms with Crippen LogP contribution < -0.4 is 5.32 Å². The van der Waals surface area contributed by atoms with E-state index in [0.717, 1.165) is 32.2 Å². The van der Waals surface area contributed by atoms with Crippen molar-refractivity contribution in [3.05, 3.63) is 0 Å². The molecule has 2 unspecified atom stereocenters. The molecule has 1 amide bonds. The smallest absolute Gasteiger partial charge is 0.317 e. The number of hydrogen-bond acceptors (Lipinski definition) is 4. The van der Waals surface area contributed by atoms with Crippen molar-refractivity contribution in [2.24, 2.45) is 5.92 Å². The SMILES string of the molecule is O=C(O)CNCC1CCCN(C(=O)C2CCCO2)C1. The van der Waals surface area contributed by atoms with Crippen molar-refractivity contribution >= 4 is 11.9 Å². The summed E-state index contributed by atoms with van der Waals surface area (Å²) in [6.45, 7) is 2.84. The van der Waals surface area contributed by atoms with Gasteiger partial charge in [0.25, 0.3) is 5.91 Å². The van der Waals surface area contributed by atoms with Crippen molar-refractivity contribution in [1.82, 2.24) is 10.2 Å². The minimum atomic E-state index is -0.844. The summed E-state index contributed by atoms with van der Waals surface area (Å²) in [6, 6.07) is 0. The summed E-state index contributed by atoms with van der Waals surface area (Å²) in [5.74, 6) is -0.387. The number of aliphatic carboxylic acids is 1. The van der Waals surface area contributed by atoms with Gasteiger partial charge >= 0.3 is 5.97 Å². The zero-order chi connectivity index (χ0) is 13.7. The maximum absolute atomic E-state index is 12.2. The molecule has 0 saturated carbocycles. The van der Waals surface area contributed by atoms with Crippen molar-refractivity contribution in [2.75, 3.05) is 32.8 Å². The van der Waals surface area contributed by atoms with E-state index in [9.17, 15) is 9.59 Å². The number of carbonyl (C=O) groups excluding carboxylic acids is 1. The molecule has 2 fully saturated rings. The summed E-state index contributed by atoms with van der Waals surface area (Å²) in [5, 5.41) is 11.5. The Morgan fingerprint density at radius 1 is 1.32 bits per heavy atom. The van der Waals surface area contributed by atoms with Gasteiger partial charge in [0.15, 0.2) is 0 Å². The van der Waals surface area contributed by atoms with Gasteiger partial charge in [-0.15, -0.1) is 0 Å². The Bertz CT molecular complexity index is 329. The first-order valence-electron chi connectivity index (χ1n) is 6.99. The van der Waals surface area contributed by atoms with Gasteiger partial charge < -0.3 is 20.1 Å². The zero-order valence-electron chi connectivity index (χ0n) is 11.1. The molecule has 19 heavy (non-hydrogen) atoms. The minimum Gasteiger partial charge on any atom is -0.480 e. The molecule has 2 heterocycles. The number of hydrogen-bond donors (Lipinski definition) is 2.